The molecule has 6 nitrogen and oxygen atoms in total. The van der Waals surface area contributed by atoms with E-state index in [1.165, 1.54) is 6.07 Å². The molecule has 0 saturated carbocycles. The van der Waals surface area contributed by atoms with Crippen molar-refractivity contribution in [2.45, 2.75) is 44.6 Å². The van der Waals surface area contributed by atoms with E-state index in [1.54, 1.807) is 12.1 Å². The van der Waals surface area contributed by atoms with Gasteiger partial charge in [-0.3, -0.25) is 14.9 Å². The minimum Gasteiger partial charge on any atom is -0.378 e. The molecule has 1 aromatic carbocycles. The van der Waals surface area contributed by atoms with Gasteiger partial charge in [0.2, 0.25) is 5.91 Å². The van der Waals surface area contributed by atoms with Gasteiger partial charge in [0, 0.05) is 38.2 Å². The van der Waals surface area contributed by atoms with Crippen LogP contribution in [-0.2, 0) is 16.0 Å². The number of carbonyl (C=O) groups excluding carboxylic acids is 1. The maximum Gasteiger partial charge on any atom is 0.269 e. The third-order valence-corrected chi connectivity index (χ3v) is 5.13. The maximum absolute atomic E-state index is 12.4. The molecule has 0 bridgehead atoms. The van der Waals surface area contributed by atoms with Crippen LogP contribution in [0.4, 0.5) is 5.69 Å². The fraction of sp³-hybridized carbons (Fsp3) is 0.611. The number of likely N-dealkylation sites (tertiary alicyclic amines) is 1. The molecule has 2 fully saturated rings. The molecule has 0 aromatic heterocycles. The molecular weight excluding hydrogens is 308 g/mol. The number of nitro groups is 1. The topological polar surface area (TPSA) is 72.7 Å². The highest BCUT2D eigenvalue weighted by atomic mass is 16.6. The molecule has 3 rings (SSSR count). The third kappa shape index (κ3) is 4.12. The summed E-state index contributed by atoms with van der Waals surface area (Å²) in [5, 5.41) is 10.8. The molecule has 0 radical (unpaired) electrons. The van der Waals surface area contributed by atoms with Gasteiger partial charge >= 0.3 is 0 Å². The number of ether oxygens (including phenoxy) is 1. The largest absolute Gasteiger partial charge is 0.378 e. The van der Waals surface area contributed by atoms with Crippen molar-refractivity contribution < 1.29 is 14.5 Å². The Morgan fingerprint density at radius 2 is 2.08 bits per heavy atom. The van der Waals surface area contributed by atoms with Crippen LogP contribution in [0.2, 0.25) is 0 Å². The molecule has 2 saturated heterocycles. The van der Waals surface area contributed by atoms with E-state index in [9.17, 15) is 14.9 Å². The zero-order valence-electron chi connectivity index (χ0n) is 13.9. The zero-order chi connectivity index (χ0) is 16.9. The number of nitro benzene ring substituents is 1. The van der Waals surface area contributed by atoms with Crippen molar-refractivity contribution in [2.24, 2.45) is 5.92 Å². The summed E-state index contributed by atoms with van der Waals surface area (Å²) in [6.45, 7) is 2.49. The first-order chi connectivity index (χ1) is 11.6. The van der Waals surface area contributed by atoms with E-state index < -0.39 is 4.92 Å². The molecule has 130 valence electrons. The quantitative estimate of drug-likeness (QED) is 0.614. The molecule has 2 aliphatic rings. The summed E-state index contributed by atoms with van der Waals surface area (Å²) < 4.78 is 5.77. The van der Waals surface area contributed by atoms with Crippen molar-refractivity contribution in [3.05, 3.63) is 39.9 Å². The summed E-state index contributed by atoms with van der Waals surface area (Å²) in [6, 6.07) is 6.53. The first-order valence-electron chi connectivity index (χ1n) is 8.76. The van der Waals surface area contributed by atoms with Crippen molar-refractivity contribution in [3.63, 3.8) is 0 Å². The van der Waals surface area contributed by atoms with Gasteiger partial charge in [-0.2, -0.15) is 0 Å². The molecular formula is C18H24N2O4. The van der Waals surface area contributed by atoms with Crippen LogP contribution >= 0.6 is 0 Å². The minimum atomic E-state index is -0.402. The molecule has 1 aromatic rings. The molecule has 0 aliphatic carbocycles. The summed E-state index contributed by atoms with van der Waals surface area (Å²) in [6.07, 6.45) is 5.71. The van der Waals surface area contributed by atoms with Crippen molar-refractivity contribution in [1.82, 2.24) is 4.90 Å². The SMILES string of the molecule is O=C(CCc1cccc([N+](=O)[O-])c1)N1CCC(C2CCCO2)CC1. The second-order valence-corrected chi connectivity index (χ2v) is 6.70. The van der Waals surface area contributed by atoms with Gasteiger partial charge in [-0.1, -0.05) is 12.1 Å². The maximum atomic E-state index is 12.4. The third-order valence-electron chi connectivity index (χ3n) is 5.13. The Balaban J connectivity index is 1.46. The van der Waals surface area contributed by atoms with Crippen LogP contribution in [0.15, 0.2) is 24.3 Å². The molecule has 1 amide bonds. The van der Waals surface area contributed by atoms with Gasteiger partial charge in [0.05, 0.1) is 11.0 Å². The number of carbonyl (C=O) groups is 1. The molecule has 2 aliphatic heterocycles. The summed E-state index contributed by atoms with van der Waals surface area (Å²) in [4.78, 5) is 24.7. The van der Waals surface area contributed by atoms with E-state index in [2.05, 4.69) is 0 Å². The van der Waals surface area contributed by atoms with E-state index in [1.807, 2.05) is 11.0 Å². The lowest BCUT2D eigenvalue weighted by atomic mass is 9.89. The summed E-state index contributed by atoms with van der Waals surface area (Å²) in [5.74, 6) is 0.737. The Morgan fingerprint density at radius 1 is 1.29 bits per heavy atom. The Labute approximate surface area is 141 Å². The Hall–Kier alpha value is -1.95. The van der Waals surface area contributed by atoms with Crippen LogP contribution < -0.4 is 0 Å². The first kappa shape index (κ1) is 16.9. The lowest BCUT2D eigenvalue weighted by Crippen LogP contribution is -2.41. The number of amides is 1. The number of non-ortho nitro benzene ring substituents is 1. The van der Waals surface area contributed by atoms with E-state index in [-0.39, 0.29) is 11.6 Å². The Bertz CT molecular complexity index is 590. The number of benzene rings is 1. The second kappa shape index (κ2) is 7.75. The molecule has 0 spiro atoms. The number of hydrogen-bond donors (Lipinski definition) is 0. The summed E-state index contributed by atoms with van der Waals surface area (Å²) in [7, 11) is 0. The number of nitrogens with zero attached hydrogens (tertiary/aromatic N) is 2. The molecule has 1 atom stereocenters. The van der Waals surface area contributed by atoms with Gasteiger partial charge in [0.1, 0.15) is 0 Å². The molecule has 6 heteroatoms. The standard InChI is InChI=1S/C18H24N2O4/c21-18(7-6-14-3-1-4-16(13-14)20(22)23)19-10-8-15(9-11-19)17-5-2-12-24-17/h1,3-4,13,15,17H,2,5-12H2. The second-order valence-electron chi connectivity index (χ2n) is 6.70. The van der Waals surface area contributed by atoms with E-state index in [0.717, 1.165) is 50.9 Å². The normalized spacial score (nSPS) is 21.8. The summed E-state index contributed by atoms with van der Waals surface area (Å²) in [5.41, 5.74) is 0.920. The van der Waals surface area contributed by atoms with Crippen LogP contribution in [0.1, 0.15) is 37.7 Å². The Kier molecular flexibility index (Phi) is 5.45. The van der Waals surface area contributed by atoms with E-state index in [0.29, 0.717) is 24.9 Å². The highest BCUT2D eigenvalue weighted by Gasteiger charge is 2.30. The predicted molar refractivity (Wildman–Crippen MR) is 89.7 cm³/mol. The first-order valence-corrected chi connectivity index (χ1v) is 8.76. The molecule has 24 heavy (non-hydrogen) atoms. The van der Waals surface area contributed by atoms with Gasteiger partial charge < -0.3 is 9.64 Å². The fourth-order valence-corrected chi connectivity index (χ4v) is 3.73. The van der Waals surface area contributed by atoms with E-state index in [4.69, 9.17) is 4.74 Å². The number of piperidine rings is 1. The molecule has 2 heterocycles. The molecule has 1 unspecified atom stereocenters. The fourth-order valence-electron chi connectivity index (χ4n) is 3.73. The van der Waals surface area contributed by atoms with Crippen LogP contribution in [0.3, 0.4) is 0 Å². The molecule has 0 N–H and O–H groups in total. The number of aryl methyl sites for hydroxylation is 1. The average Bonchev–Trinajstić information content (AvgIpc) is 3.14. The predicted octanol–water partition coefficient (Wildman–Crippen LogP) is 2.95. The average molecular weight is 332 g/mol. The zero-order valence-corrected chi connectivity index (χ0v) is 13.9. The van der Waals surface area contributed by atoms with Gasteiger partial charge in [0.15, 0.2) is 0 Å². The smallest absolute Gasteiger partial charge is 0.269 e. The highest BCUT2D eigenvalue weighted by molar-refractivity contribution is 5.76. The van der Waals surface area contributed by atoms with Crippen molar-refractivity contribution in [2.75, 3.05) is 19.7 Å². The van der Waals surface area contributed by atoms with Gasteiger partial charge in [-0.25, -0.2) is 0 Å². The summed E-state index contributed by atoms with van der Waals surface area (Å²) >= 11 is 0. The van der Waals surface area contributed by atoms with Crippen LogP contribution in [0.25, 0.3) is 0 Å². The van der Waals surface area contributed by atoms with Crippen molar-refractivity contribution in [3.8, 4) is 0 Å². The van der Waals surface area contributed by atoms with Gasteiger partial charge in [-0.05, 0) is 43.6 Å². The van der Waals surface area contributed by atoms with Crippen molar-refractivity contribution in [1.29, 1.82) is 0 Å². The number of hydrogen-bond acceptors (Lipinski definition) is 4. The minimum absolute atomic E-state index is 0.0809. The highest BCUT2D eigenvalue weighted by Crippen LogP contribution is 2.29. The van der Waals surface area contributed by atoms with Crippen LogP contribution in [0, 0.1) is 16.0 Å². The number of rotatable bonds is 5. The van der Waals surface area contributed by atoms with E-state index >= 15 is 0 Å². The van der Waals surface area contributed by atoms with Crippen molar-refractivity contribution >= 4 is 11.6 Å². The Morgan fingerprint density at radius 3 is 2.75 bits per heavy atom. The van der Waals surface area contributed by atoms with Crippen LogP contribution in [0.5, 0.6) is 0 Å². The van der Waals surface area contributed by atoms with Crippen LogP contribution in [-0.4, -0.2) is 41.5 Å². The van der Waals surface area contributed by atoms with Gasteiger partial charge in [0.25, 0.3) is 5.69 Å². The lowest BCUT2D eigenvalue weighted by molar-refractivity contribution is -0.384. The van der Waals surface area contributed by atoms with Gasteiger partial charge in [-0.15, -0.1) is 0 Å². The monoisotopic (exact) mass is 332 g/mol. The lowest BCUT2D eigenvalue weighted by Gasteiger charge is -2.34.